The lowest BCUT2D eigenvalue weighted by atomic mass is 10.1. The Morgan fingerprint density at radius 3 is 2.54 bits per heavy atom. The van der Waals surface area contributed by atoms with Crippen molar-refractivity contribution in [2.75, 3.05) is 25.4 Å². The fourth-order valence-corrected chi connectivity index (χ4v) is 2.61. The Hall–Kier alpha value is -0.870. The van der Waals surface area contributed by atoms with Gasteiger partial charge in [-0.25, -0.2) is 18.1 Å². The van der Waals surface area contributed by atoms with Gasteiger partial charge in [0.1, 0.15) is 0 Å². The number of guanidine groups is 1. The predicted molar refractivity (Wildman–Crippen MR) is 111 cm³/mol. The summed E-state index contributed by atoms with van der Waals surface area (Å²) in [5.74, 6) is 0.855. The van der Waals surface area contributed by atoms with Gasteiger partial charge in [-0.15, -0.1) is 24.0 Å². The van der Waals surface area contributed by atoms with Gasteiger partial charge in [0, 0.05) is 19.6 Å². The molecule has 0 saturated heterocycles. The Morgan fingerprint density at radius 1 is 1.17 bits per heavy atom. The van der Waals surface area contributed by atoms with Gasteiger partial charge in [-0.3, -0.25) is 0 Å². The van der Waals surface area contributed by atoms with Gasteiger partial charge in [-0.05, 0) is 32.8 Å². The van der Waals surface area contributed by atoms with Crippen LogP contribution in [0.4, 0.5) is 0 Å². The number of nitrogens with one attached hydrogen (secondary N) is 3. The number of nitrogens with zero attached hydrogens (tertiary/aromatic N) is 1. The largest absolute Gasteiger partial charge is 0.357 e. The van der Waals surface area contributed by atoms with E-state index in [-0.39, 0.29) is 29.7 Å². The van der Waals surface area contributed by atoms with Crippen LogP contribution in [0.3, 0.4) is 0 Å². The number of halogens is 1. The third-order valence-electron chi connectivity index (χ3n) is 3.19. The zero-order chi connectivity index (χ0) is 17.1. The summed E-state index contributed by atoms with van der Waals surface area (Å²) >= 11 is 0. The van der Waals surface area contributed by atoms with E-state index in [4.69, 9.17) is 0 Å². The Balaban J connectivity index is 0.00000529. The molecule has 0 unspecified atom stereocenters. The van der Waals surface area contributed by atoms with E-state index in [1.807, 2.05) is 13.0 Å². The van der Waals surface area contributed by atoms with E-state index in [0.717, 1.165) is 18.1 Å². The topological polar surface area (TPSA) is 82.6 Å². The molecule has 1 aromatic carbocycles. The highest BCUT2D eigenvalue weighted by Gasteiger charge is 2.04. The second-order valence-electron chi connectivity index (χ2n) is 5.26. The average molecular weight is 468 g/mol. The van der Waals surface area contributed by atoms with Crippen LogP contribution in [0.1, 0.15) is 31.4 Å². The van der Waals surface area contributed by atoms with Crippen LogP contribution in [0.25, 0.3) is 0 Å². The van der Waals surface area contributed by atoms with Gasteiger partial charge >= 0.3 is 0 Å². The monoisotopic (exact) mass is 468 g/mol. The maximum absolute atomic E-state index is 11.3. The number of aryl methyl sites for hydroxylation is 1. The summed E-state index contributed by atoms with van der Waals surface area (Å²) in [5.41, 5.74) is 2.39. The Morgan fingerprint density at radius 2 is 1.92 bits per heavy atom. The summed E-state index contributed by atoms with van der Waals surface area (Å²) in [7, 11) is -3.10. The molecule has 0 saturated carbocycles. The van der Waals surface area contributed by atoms with Crippen LogP contribution < -0.4 is 15.4 Å². The third-order valence-corrected chi connectivity index (χ3v) is 4.60. The van der Waals surface area contributed by atoms with Gasteiger partial charge in [-0.1, -0.05) is 29.8 Å². The summed E-state index contributed by atoms with van der Waals surface area (Å²) in [6.07, 6.45) is 0.702. The van der Waals surface area contributed by atoms with Crippen molar-refractivity contribution in [3.8, 4) is 0 Å². The lowest BCUT2D eigenvalue weighted by molar-refractivity contribution is 0.579. The summed E-state index contributed by atoms with van der Waals surface area (Å²) in [4.78, 5) is 4.54. The SMILES string of the molecule is CCNC(=NCc1cccc(C)c1)NCCCNS(=O)(=O)CC.I. The highest BCUT2D eigenvalue weighted by molar-refractivity contribution is 14.0. The average Bonchev–Trinajstić information content (AvgIpc) is 2.52. The molecule has 0 aromatic heterocycles. The molecular formula is C16H29IN4O2S. The Bertz CT molecular complexity index is 606. The van der Waals surface area contributed by atoms with E-state index < -0.39 is 10.0 Å². The van der Waals surface area contributed by atoms with Crippen molar-refractivity contribution in [2.45, 2.75) is 33.7 Å². The van der Waals surface area contributed by atoms with Gasteiger partial charge < -0.3 is 10.6 Å². The fraction of sp³-hybridized carbons (Fsp3) is 0.562. The standard InChI is InChI=1S/C16H28N4O2S.HI/c1-4-17-16(18-10-7-11-20-23(21,22)5-2)19-13-15-9-6-8-14(3)12-15;/h6,8-9,12,20H,4-5,7,10-11,13H2,1-3H3,(H2,17,18,19);1H. The molecule has 1 aromatic rings. The molecular weight excluding hydrogens is 439 g/mol. The van der Waals surface area contributed by atoms with Crippen LogP contribution in [0.15, 0.2) is 29.3 Å². The number of rotatable bonds is 9. The van der Waals surface area contributed by atoms with Crippen molar-refractivity contribution in [2.24, 2.45) is 4.99 Å². The smallest absolute Gasteiger partial charge is 0.211 e. The van der Waals surface area contributed by atoms with Crippen molar-refractivity contribution in [1.29, 1.82) is 0 Å². The van der Waals surface area contributed by atoms with Crippen LogP contribution in [0.2, 0.25) is 0 Å². The molecule has 3 N–H and O–H groups in total. The van der Waals surface area contributed by atoms with Crippen molar-refractivity contribution in [1.82, 2.24) is 15.4 Å². The second kappa shape index (κ2) is 12.5. The van der Waals surface area contributed by atoms with Crippen LogP contribution >= 0.6 is 24.0 Å². The highest BCUT2D eigenvalue weighted by Crippen LogP contribution is 2.04. The highest BCUT2D eigenvalue weighted by atomic mass is 127. The number of sulfonamides is 1. The molecule has 0 atom stereocenters. The van der Waals surface area contributed by atoms with Gasteiger partial charge in [-0.2, -0.15) is 0 Å². The van der Waals surface area contributed by atoms with E-state index in [9.17, 15) is 8.42 Å². The van der Waals surface area contributed by atoms with Crippen molar-refractivity contribution >= 4 is 40.0 Å². The van der Waals surface area contributed by atoms with Crippen LogP contribution in [-0.4, -0.2) is 39.8 Å². The van der Waals surface area contributed by atoms with E-state index in [1.165, 1.54) is 5.56 Å². The molecule has 0 aliphatic carbocycles. The van der Waals surface area contributed by atoms with Gasteiger partial charge in [0.2, 0.25) is 10.0 Å². The summed E-state index contributed by atoms with van der Waals surface area (Å²) in [6.45, 7) is 8.18. The molecule has 8 heteroatoms. The van der Waals surface area contributed by atoms with Gasteiger partial charge in [0.25, 0.3) is 0 Å². The lowest BCUT2D eigenvalue weighted by Gasteiger charge is -2.11. The summed E-state index contributed by atoms with van der Waals surface area (Å²) in [6, 6.07) is 8.26. The molecule has 0 bridgehead atoms. The minimum absolute atomic E-state index is 0. The number of aliphatic imine (C=N–C) groups is 1. The second-order valence-corrected chi connectivity index (χ2v) is 7.36. The van der Waals surface area contributed by atoms with Crippen LogP contribution in [0, 0.1) is 6.92 Å². The molecule has 0 amide bonds. The first kappa shape index (κ1) is 23.1. The van der Waals surface area contributed by atoms with E-state index >= 15 is 0 Å². The maximum atomic E-state index is 11.3. The van der Waals surface area contributed by atoms with E-state index in [0.29, 0.717) is 26.1 Å². The van der Waals surface area contributed by atoms with E-state index in [1.54, 1.807) is 6.92 Å². The molecule has 6 nitrogen and oxygen atoms in total. The van der Waals surface area contributed by atoms with Gasteiger partial charge in [0.15, 0.2) is 5.96 Å². The molecule has 0 radical (unpaired) electrons. The first-order chi connectivity index (χ1) is 11.0. The Kier molecular flexibility index (Phi) is 12.0. The molecule has 0 aliphatic heterocycles. The van der Waals surface area contributed by atoms with E-state index in [2.05, 4.69) is 45.5 Å². The molecule has 0 fully saturated rings. The number of hydrogen-bond donors (Lipinski definition) is 3. The first-order valence-corrected chi connectivity index (χ1v) is 9.67. The molecule has 138 valence electrons. The molecule has 24 heavy (non-hydrogen) atoms. The third kappa shape index (κ3) is 10.1. The fourth-order valence-electron chi connectivity index (χ4n) is 1.95. The molecule has 0 heterocycles. The molecule has 0 aliphatic rings. The van der Waals surface area contributed by atoms with Crippen molar-refractivity contribution in [3.05, 3.63) is 35.4 Å². The number of benzene rings is 1. The van der Waals surface area contributed by atoms with Crippen LogP contribution in [-0.2, 0) is 16.6 Å². The maximum Gasteiger partial charge on any atom is 0.211 e. The van der Waals surface area contributed by atoms with Crippen LogP contribution in [0.5, 0.6) is 0 Å². The summed E-state index contributed by atoms with van der Waals surface area (Å²) < 4.78 is 25.2. The number of hydrogen-bond acceptors (Lipinski definition) is 3. The summed E-state index contributed by atoms with van der Waals surface area (Å²) in [5, 5.41) is 6.40. The minimum atomic E-state index is -3.10. The quantitative estimate of drug-likeness (QED) is 0.224. The normalized spacial score (nSPS) is 11.7. The van der Waals surface area contributed by atoms with Gasteiger partial charge in [0.05, 0.1) is 12.3 Å². The van der Waals surface area contributed by atoms with Crippen molar-refractivity contribution in [3.63, 3.8) is 0 Å². The molecule has 1 rings (SSSR count). The zero-order valence-corrected chi connectivity index (χ0v) is 17.8. The Labute approximate surface area is 163 Å². The molecule has 0 spiro atoms. The van der Waals surface area contributed by atoms with Crippen molar-refractivity contribution < 1.29 is 8.42 Å². The lowest BCUT2D eigenvalue weighted by Crippen LogP contribution is -2.38. The minimum Gasteiger partial charge on any atom is -0.357 e. The zero-order valence-electron chi connectivity index (χ0n) is 14.6. The first-order valence-electron chi connectivity index (χ1n) is 8.02. The predicted octanol–water partition coefficient (Wildman–Crippen LogP) is 2.00.